The van der Waals surface area contributed by atoms with E-state index in [9.17, 15) is 4.39 Å². The van der Waals surface area contributed by atoms with Crippen molar-refractivity contribution in [1.29, 1.82) is 0 Å². The predicted octanol–water partition coefficient (Wildman–Crippen LogP) is 5.88. The van der Waals surface area contributed by atoms with Crippen molar-refractivity contribution < 1.29 is 4.39 Å². The fourth-order valence-electron chi connectivity index (χ4n) is 2.19. The molecule has 0 nitrogen and oxygen atoms in total. The Balaban J connectivity index is 2.11. The van der Waals surface area contributed by atoms with Crippen LogP contribution in [-0.4, -0.2) is 5.88 Å². The third-order valence-corrected chi connectivity index (χ3v) is 4.31. The lowest BCUT2D eigenvalue weighted by Crippen LogP contribution is -2.11. The van der Waals surface area contributed by atoms with E-state index in [-0.39, 0.29) is 11.7 Å². The number of rotatable bonds is 5. The van der Waals surface area contributed by atoms with E-state index >= 15 is 0 Å². The fraction of sp³-hybridized carbons (Fsp3) is 0.250. The van der Waals surface area contributed by atoms with Crippen molar-refractivity contribution in [3.63, 3.8) is 0 Å². The number of alkyl halides is 1. The zero-order valence-electron chi connectivity index (χ0n) is 10.8. The lowest BCUT2D eigenvalue weighted by atomic mass is 9.94. The van der Waals surface area contributed by atoms with Crippen LogP contribution in [0.2, 0.25) is 5.02 Å². The Hall–Kier alpha value is -0.570. The van der Waals surface area contributed by atoms with Crippen molar-refractivity contribution in [2.45, 2.75) is 12.8 Å². The standard InChI is InChI=1S/C16H14BrCl2F/c17-14-3-1-2-11(8-14)6-12(10-18)7-13-9-15(19)4-5-16(13)20/h1-5,8-9,12H,6-7,10H2. The Labute approximate surface area is 137 Å². The van der Waals surface area contributed by atoms with Crippen LogP contribution >= 0.6 is 39.1 Å². The van der Waals surface area contributed by atoms with Crippen molar-refractivity contribution in [3.8, 4) is 0 Å². The van der Waals surface area contributed by atoms with Gasteiger partial charge in [-0.2, -0.15) is 0 Å². The van der Waals surface area contributed by atoms with Gasteiger partial charge in [-0.15, -0.1) is 11.6 Å². The van der Waals surface area contributed by atoms with E-state index in [0.717, 1.165) is 10.9 Å². The van der Waals surface area contributed by atoms with Crippen LogP contribution in [0.1, 0.15) is 11.1 Å². The maximum atomic E-state index is 13.8. The molecule has 2 aromatic rings. The van der Waals surface area contributed by atoms with E-state index in [2.05, 4.69) is 28.1 Å². The van der Waals surface area contributed by atoms with Crippen molar-refractivity contribution in [2.24, 2.45) is 5.92 Å². The van der Waals surface area contributed by atoms with E-state index < -0.39 is 0 Å². The van der Waals surface area contributed by atoms with Gasteiger partial charge in [0, 0.05) is 15.4 Å². The quantitative estimate of drug-likeness (QED) is 0.572. The highest BCUT2D eigenvalue weighted by atomic mass is 79.9. The molecule has 0 aromatic heterocycles. The van der Waals surface area contributed by atoms with E-state index in [1.165, 1.54) is 11.6 Å². The van der Waals surface area contributed by atoms with Crippen LogP contribution in [0.25, 0.3) is 0 Å². The molecule has 0 amide bonds. The molecule has 1 unspecified atom stereocenters. The smallest absolute Gasteiger partial charge is 0.126 e. The van der Waals surface area contributed by atoms with Gasteiger partial charge in [-0.3, -0.25) is 0 Å². The summed E-state index contributed by atoms with van der Waals surface area (Å²) in [5.41, 5.74) is 1.81. The van der Waals surface area contributed by atoms with Crippen molar-refractivity contribution >= 4 is 39.1 Å². The number of benzene rings is 2. The predicted molar refractivity (Wildman–Crippen MR) is 87.2 cm³/mol. The summed E-state index contributed by atoms with van der Waals surface area (Å²) in [5.74, 6) is 0.441. The Morgan fingerprint density at radius 2 is 1.90 bits per heavy atom. The first-order valence-electron chi connectivity index (χ1n) is 6.33. The third kappa shape index (κ3) is 4.47. The molecule has 0 bridgehead atoms. The highest BCUT2D eigenvalue weighted by molar-refractivity contribution is 9.10. The van der Waals surface area contributed by atoms with Crippen molar-refractivity contribution in [2.75, 3.05) is 5.88 Å². The largest absolute Gasteiger partial charge is 0.207 e. The maximum absolute atomic E-state index is 13.8. The van der Waals surface area contributed by atoms with Crippen LogP contribution in [0.5, 0.6) is 0 Å². The molecule has 0 spiro atoms. The highest BCUT2D eigenvalue weighted by Gasteiger charge is 2.13. The summed E-state index contributed by atoms with van der Waals surface area (Å²) in [6.45, 7) is 0. The van der Waals surface area contributed by atoms with Gasteiger partial charge in [0.25, 0.3) is 0 Å². The minimum atomic E-state index is -0.223. The van der Waals surface area contributed by atoms with Gasteiger partial charge in [-0.1, -0.05) is 39.7 Å². The van der Waals surface area contributed by atoms with Crippen LogP contribution in [0.3, 0.4) is 0 Å². The normalized spacial score (nSPS) is 12.4. The average molecular weight is 376 g/mol. The topological polar surface area (TPSA) is 0 Å². The molecule has 0 fully saturated rings. The first-order valence-corrected chi connectivity index (χ1v) is 8.03. The maximum Gasteiger partial charge on any atom is 0.126 e. The monoisotopic (exact) mass is 374 g/mol. The summed E-state index contributed by atoms with van der Waals surface area (Å²) in [5, 5.41) is 0.553. The van der Waals surface area contributed by atoms with Crippen molar-refractivity contribution in [3.05, 3.63) is 68.9 Å². The molecule has 0 aliphatic heterocycles. The van der Waals surface area contributed by atoms with Crippen LogP contribution in [-0.2, 0) is 12.8 Å². The molecule has 106 valence electrons. The molecule has 0 aliphatic carbocycles. The molecule has 0 aliphatic rings. The first-order chi connectivity index (χ1) is 9.58. The molecule has 0 radical (unpaired) electrons. The lowest BCUT2D eigenvalue weighted by Gasteiger charge is -2.15. The van der Waals surface area contributed by atoms with Gasteiger partial charge in [0.2, 0.25) is 0 Å². The summed E-state index contributed by atoms with van der Waals surface area (Å²) in [6.07, 6.45) is 1.40. The van der Waals surface area contributed by atoms with Crippen LogP contribution in [0, 0.1) is 11.7 Å². The lowest BCUT2D eigenvalue weighted by molar-refractivity contribution is 0.546. The van der Waals surface area contributed by atoms with Gasteiger partial charge in [0.15, 0.2) is 0 Å². The number of hydrogen-bond acceptors (Lipinski definition) is 0. The summed E-state index contributed by atoms with van der Waals surface area (Å²) in [7, 11) is 0. The van der Waals surface area contributed by atoms with E-state index in [1.54, 1.807) is 12.1 Å². The van der Waals surface area contributed by atoms with Gasteiger partial charge in [-0.25, -0.2) is 4.39 Å². The molecule has 20 heavy (non-hydrogen) atoms. The SMILES string of the molecule is Fc1ccc(Cl)cc1CC(CCl)Cc1cccc(Br)c1. The van der Waals surface area contributed by atoms with E-state index in [4.69, 9.17) is 23.2 Å². The zero-order valence-corrected chi connectivity index (χ0v) is 13.8. The van der Waals surface area contributed by atoms with Gasteiger partial charge >= 0.3 is 0 Å². The molecular formula is C16H14BrCl2F. The molecule has 0 saturated heterocycles. The van der Waals surface area contributed by atoms with Crippen LogP contribution < -0.4 is 0 Å². The van der Waals surface area contributed by atoms with Crippen molar-refractivity contribution in [1.82, 2.24) is 0 Å². The molecule has 0 heterocycles. The highest BCUT2D eigenvalue weighted by Crippen LogP contribution is 2.22. The molecule has 4 heteroatoms. The second-order valence-corrected chi connectivity index (χ2v) is 6.45. The Kier molecular flexibility index (Phi) is 5.88. The van der Waals surface area contributed by atoms with E-state index in [1.807, 2.05) is 12.1 Å². The first kappa shape index (κ1) is 15.8. The van der Waals surface area contributed by atoms with Gasteiger partial charge in [-0.05, 0) is 60.2 Å². The average Bonchev–Trinajstić information content (AvgIpc) is 2.42. The Bertz CT molecular complexity index is 586. The third-order valence-electron chi connectivity index (χ3n) is 3.15. The Morgan fingerprint density at radius 3 is 2.60 bits per heavy atom. The molecular weight excluding hydrogens is 362 g/mol. The minimum absolute atomic E-state index is 0.180. The zero-order chi connectivity index (χ0) is 14.5. The van der Waals surface area contributed by atoms with Crippen LogP contribution in [0.15, 0.2) is 46.9 Å². The second-order valence-electron chi connectivity index (χ2n) is 4.79. The van der Waals surface area contributed by atoms with Gasteiger partial charge < -0.3 is 0 Å². The number of hydrogen-bond donors (Lipinski definition) is 0. The molecule has 0 N–H and O–H groups in total. The number of halogens is 4. The molecule has 0 saturated carbocycles. The van der Waals surface area contributed by atoms with Gasteiger partial charge in [0.1, 0.15) is 5.82 Å². The molecule has 2 aromatic carbocycles. The van der Waals surface area contributed by atoms with E-state index in [0.29, 0.717) is 22.9 Å². The van der Waals surface area contributed by atoms with Crippen LogP contribution in [0.4, 0.5) is 4.39 Å². The molecule has 1 atom stereocenters. The molecule has 2 rings (SSSR count). The summed E-state index contributed by atoms with van der Waals surface area (Å²) in [4.78, 5) is 0. The summed E-state index contributed by atoms with van der Waals surface area (Å²) in [6, 6.07) is 12.7. The minimum Gasteiger partial charge on any atom is -0.207 e. The summed E-state index contributed by atoms with van der Waals surface area (Å²) < 4.78 is 14.8. The fourth-order valence-corrected chi connectivity index (χ4v) is 3.05. The Morgan fingerprint density at radius 1 is 1.10 bits per heavy atom. The second kappa shape index (κ2) is 7.44. The van der Waals surface area contributed by atoms with Gasteiger partial charge in [0.05, 0.1) is 0 Å². The summed E-state index contributed by atoms with van der Waals surface area (Å²) >= 11 is 15.4.